The zero-order chi connectivity index (χ0) is 13.9. The van der Waals surface area contributed by atoms with Crippen molar-refractivity contribution in [1.29, 1.82) is 0 Å². The van der Waals surface area contributed by atoms with Gasteiger partial charge in [-0.1, -0.05) is 12.1 Å². The Kier molecular flexibility index (Phi) is 5.11. The number of piperidine rings is 1. The molecule has 1 aliphatic heterocycles. The van der Waals surface area contributed by atoms with Crippen molar-refractivity contribution in [2.75, 3.05) is 19.6 Å². The summed E-state index contributed by atoms with van der Waals surface area (Å²) in [5.41, 5.74) is 1.19. The quantitative estimate of drug-likeness (QED) is 0.711. The number of rotatable bonds is 3. The lowest BCUT2D eigenvalue weighted by Gasteiger charge is -2.33. The molecular weight excluding hydrogens is 366 g/mol. The Hall–Kier alpha value is -0.300. The normalized spacial score (nSPS) is 21.6. The largest absolute Gasteiger partial charge is 0.393 e. The molecule has 0 aromatic heterocycles. The average molecular weight is 383 g/mol. The van der Waals surface area contributed by atoms with Gasteiger partial charge in [-0.2, -0.15) is 13.2 Å². The Morgan fingerprint density at radius 2 is 1.89 bits per heavy atom. The summed E-state index contributed by atoms with van der Waals surface area (Å²) in [6.07, 6.45) is -2.29. The third kappa shape index (κ3) is 4.63. The van der Waals surface area contributed by atoms with E-state index in [-0.39, 0.29) is 13.0 Å². The second kappa shape index (κ2) is 6.43. The molecule has 1 heterocycles. The molecule has 0 spiro atoms. The number of likely N-dealkylation sites (tertiary alicyclic amines) is 1. The van der Waals surface area contributed by atoms with Crippen LogP contribution < -0.4 is 0 Å². The first-order valence-corrected chi connectivity index (χ1v) is 7.56. The zero-order valence-corrected chi connectivity index (χ0v) is 12.7. The minimum absolute atomic E-state index is 0.161. The first-order chi connectivity index (χ1) is 8.95. The summed E-state index contributed by atoms with van der Waals surface area (Å²) in [5.74, 6) is -1.14. The van der Waals surface area contributed by atoms with Crippen LogP contribution in [0.3, 0.4) is 0 Å². The summed E-state index contributed by atoms with van der Waals surface area (Å²) in [5, 5.41) is 0. The van der Waals surface area contributed by atoms with Crippen LogP contribution in [-0.2, 0) is 6.42 Å². The van der Waals surface area contributed by atoms with E-state index in [0.29, 0.717) is 13.0 Å². The average Bonchev–Trinajstić information content (AvgIpc) is 2.37. The molecule has 1 aliphatic rings. The third-order valence-electron chi connectivity index (χ3n) is 3.60. The van der Waals surface area contributed by atoms with Crippen LogP contribution in [0.4, 0.5) is 13.2 Å². The minimum Gasteiger partial charge on any atom is -0.302 e. The van der Waals surface area contributed by atoms with E-state index >= 15 is 0 Å². The van der Waals surface area contributed by atoms with Gasteiger partial charge in [0.25, 0.3) is 0 Å². The first kappa shape index (κ1) is 15.1. The SMILES string of the molecule is FC(F)(F)C1CCCN(CCc2ccc(I)cc2)C1. The van der Waals surface area contributed by atoms with Gasteiger partial charge >= 0.3 is 6.18 Å². The van der Waals surface area contributed by atoms with Gasteiger partial charge in [-0.15, -0.1) is 0 Å². The number of nitrogens with zero attached hydrogens (tertiary/aromatic N) is 1. The van der Waals surface area contributed by atoms with Crippen LogP contribution in [0.5, 0.6) is 0 Å². The Morgan fingerprint density at radius 3 is 2.53 bits per heavy atom. The second-order valence-electron chi connectivity index (χ2n) is 5.06. The molecule has 1 atom stereocenters. The van der Waals surface area contributed by atoms with Crippen molar-refractivity contribution < 1.29 is 13.2 Å². The highest BCUT2D eigenvalue weighted by Crippen LogP contribution is 2.33. The summed E-state index contributed by atoms with van der Waals surface area (Å²) in [4.78, 5) is 1.94. The van der Waals surface area contributed by atoms with Crippen LogP contribution in [0, 0.1) is 9.49 Å². The van der Waals surface area contributed by atoms with Crippen molar-refractivity contribution in [3.8, 4) is 0 Å². The van der Waals surface area contributed by atoms with Gasteiger partial charge in [0.1, 0.15) is 0 Å². The van der Waals surface area contributed by atoms with E-state index in [9.17, 15) is 13.2 Å². The zero-order valence-electron chi connectivity index (χ0n) is 10.6. The summed E-state index contributed by atoms with van der Waals surface area (Å²) in [6, 6.07) is 8.16. The Balaban J connectivity index is 1.84. The lowest BCUT2D eigenvalue weighted by Crippen LogP contribution is -2.42. The monoisotopic (exact) mass is 383 g/mol. The van der Waals surface area contributed by atoms with Crippen LogP contribution in [-0.4, -0.2) is 30.7 Å². The standard InChI is InChI=1S/C14H17F3IN/c15-14(16,17)12-2-1-8-19(10-12)9-7-11-3-5-13(18)6-4-11/h3-6,12H,1-2,7-10H2. The van der Waals surface area contributed by atoms with Crippen molar-refractivity contribution in [1.82, 2.24) is 4.90 Å². The maximum Gasteiger partial charge on any atom is 0.393 e. The van der Waals surface area contributed by atoms with Gasteiger partial charge in [0.2, 0.25) is 0 Å². The molecule has 1 unspecified atom stereocenters. The van der Waals surface area contributed by atoms with E-state index in [2.05, 4.69) is 22.6 Å². The number of hydrogen-bond acceptors (Lipinski definition) is 1. The molecule has 5 heteroatoms. The lowest BCUT2D eigenvalue weighted by molar-refractivity contribution is -0.186. The molecule has 0 bridgehead atoms. The Morgan fingerprint density at radius 1 is 1.21 bits per heavy atom. The maximum absolute atomic E-state index is 12.7. The predicted molar refractivity (Wildman–Crippen MR) is 78.1 cm³/mol. The van der Waals surface area contributed by atoms with Crippen molar-refractivity contribution in [2.45, 2.75) is 25.4 Å². The summed E-state index contributed by atoms with van der Waals surface area (Å²) < 4.78 is 39.3. The van der Waals surface area contributed by atoms with E-state index < -0.39 is 12.1 Å². The molecule has 2 rings (SSSR count). The van der Waals surface area contributed by atoms with E-state index in [0.717, 1.165) is 13.0 Å². The van der Waals surface area contributed by atoms with Gasteiger partial charge in [-0.3, -0.25) is 0 Å². The molecule has 0 saturated carbocycles. The Bertz CT molecular complexity index is 402. The molecule has 0 N–H and O–H groups in total. The van der Waals surface area contributed by atoms with Crippen LogP contribution in [0.1, 0.15) is 18.4 Å². The molecule has 1 aromatic rings. The number of alkyl halides is 3. The van der Waals surface area contributed by atoms with Gasteiger partial charge in [-0.25, -0.2) is 0 Å². The summed E-state index contributed by atoms with van der Waals surface area (Å²) in [6.45, 7) is 1.66. The number of benzene rings is 1. The smallest absolute Gasteiger partial charge is 0.302 e. The molecule has 19 heavy (non-hydrogen) atoms. The molecule has 0 radical (unpaired) electrons. The van der Waals surface area contributed by atoms with E-state index in [4.69, 9.17) is 0 Å². The van der Waals surface area contributed by atoms with Gasteiger partial charge in [-0.05, 0) is 66.1 Å². The number of hydrogen-bond donors (Lipinski definition) is 0. The van der Waals surface area contributed by atoms with Crippen molar-refractivity contribution in [3.05, 3.63) is 33.4 Å². The molecule has 1 aromatic carbocycles. The molecule has 106 valence electrons. The molecule has 1 nitrogen and oxygen atoms in total. The molecule has 0 aliphatic carbocycles. The predicted octanol–water partition coefficient (Wildman–Crippen LogP) is 4.11. The van der Waals surface area contributed by atoms with Crippen LogP contribution in [0.15, 0.2) is 24.3 Å². The highest BCUT2D eigenvalue weighted by Gasteiger charge is 2.41. The fraction of sp³-hybridized carbons (Fsp3) is 0.571. The lowest BCUT2D eigenvalue weighted by atomic mass is 9.97. The van der Waals surface area contributed by atoms with Crippen molar-refractivity contribution in [2.24, 2.45) is 5.92 Å². The fourth-order valence-corrected chi connectivity index (χ4v) is 2.82. The fourth-order valence-electron chi connectivity index (χ4n) is 2.46. The van der Waals surface area contributed by atoms with Gasteiger partial charge < -0.3 is 4.90 Å². The molecule has 1 fully saturated rings. The topological polar surface area (TPSA) is 3.24 Å². The van der Waals surface area contributed by atoms with Crippen LogP contribution in [0.25, 0.3) is 0 Å². The van der Waals surface area contributed by atoms with Crippen LogP contribution in [0.2, 0.25) is 0 Å². The molecular formula is C14H17F3IN. The highest BCUT2D eigenvalue weighted by atomic mass is 127. The van der Waals surface area contributed by atoms with Crippen molar-refractivity contribution >= 4 is 22.6 Å². The van der Waals surface area contributed by atoms with Crippen LogP contribution >= 0.6 is 22.6 Å². The second-order valence-corrected chi connectivity index (χ2v) is 6.30. The van der Waals surface area contributed by atoms with Gasteiger partial charge in [0.15, 0.2) is 0 Å². The first-order valence-electron chi connectivity index (χ1n) is 6.48. The van der Waals surface area contributed by atoms with Crippen molar-refractivity contribution in [3.63, 3.8) is 0 Å². The minimum atomic E-state index is -4.04. The summed E-state index contributed by atoms with van der Waals surface area (Å²) >= 11 is 2.24. The molecule has 1 saturated heterocycles. The van der Waals surface area contributed by atoms with E-state index in [1.807, 2.05) is 29.2 Å². The van der Waals surface area contributed by atoms with E-state index in [1.54, 1.807) is 0 Å². The van der Waals surface area contributed by atoms with E-state index in [1.165, 1.54) is 9.13 Å². The maximum atomic E-state index is 12.7. The summed E-state index contributed by atoms with van der Waals surface area (Å²) in [7, 11) is 0. The molecule has 0 amide bonds. The van der Waals surface area contributed by atoms with Gasteiger partial charge in [0, 0.05) is 16.7 Å². The number of halogens is 4. The van der Waals surface area contributed by atoms with Gasteiger partial charge in [0.05, 0.1) is 5.92 Å². The Labute approximate surface area is 125 Å². The third-order valence-corrected chi connectivity index (χ3v) is 4.32. The highest BCUT2D eigenvalue weighted by molar-refractivity contribution is 14.1.